The summed E-state index contributed by atoms with van der Waals surface area (Å²) in [6.07, 6.45) is 1.19. The van der Waals surface area contributed by atoms with Crippen molar-refractivity contribution in [2.24, 2.45) is 0 Å². The van der Waals surface area contributed by atoms with Crippen LogP contribution in [0.2, 0.25) is 5.02 Å². The molecule has 2 N–H and O–H groups in total. The van der Waals surface area contributed by atoms with Gasteiger partial charge in [-0.1, -0.05) is 17.7 Å². The molecule has 1 aromatic heterocycles. The van der Waals surface area contributed by atoms with Crippen molar-refractivity contribution >= 4 is 33.1 Å². The maximum absolute atomic E-state index is 13.1. The highest BCUT2D eigenvalue weighted by molar-refractivity contribution is 7.92. The highest BCUT2D eigenvalue weighted by Crippen LogP contribution is 2.24. The molecule has 0 fully saturated rings. The fourth-order valence-corrected chi connectivity index (χ4v) is 2.95. The third kappa shape index (κ3) is 3.83. The van der Waals surface area contributed by atoms with Crippen molar-refractivity contribution in [3.05, 3.63) is 47.4 Å². The fourth-order valence-electron chi connectivity index (χ4n) is 1.63. The van der Waals surface area contributed by atoms with Crippen LogP contribution in [0.3, 0.4) is 0 Å². The van der Waals surface area contributed by atoms with Crippen molar-refractivity contribution < 1.29 is 12.8 Å². The Labute approximate surface area is 127 Å². The van der Waals surface area contributed by atoms with E-state index >= 15 is 0 Å². The van der Waals surface area contributed by atoms with Gasteiger partial charge in [0.15, 0.2) is 0 Å². The summed E-state index contributed by atoms with van der Waals surface area (Å²) in [6.45, 7) is 2.48. The monoisotopic (exact) mass is 329 g/mol. The van der Waals surface area contributed by atoms with Crippen molar-refractivity contribution in [3.63, 3.8) is 0 Å². The molecular weight excluding hydrogens is 317 g/mol. The number of rotatable bonds is 5. The van der Waals surface area contributed by atoms with Gasteiger partial charge < -0.3 is 5.32 Å². The number of benzene rings is 1. The first-order valence-corrected chi connectivity index (χ1v) is 7.96. The average Bonchev–Trinajstić information content (AvgIpc) is 2.40. The number of anilines is 2. The van der Waals surface area contributed by atoms with Gasteiger partial charge in [0.05, 0.1) is 10.7 Å². The molecule has 1 aromatic carbocycles. The normalized spacial score (nSPS) is 11.2. The summed E-state index contributed by atoms with van der Waals surface area (Å²) in [5.74, 6) is -0.127. The number of hydrogen-bond donors (Lipinski definition) is 2. The Morgan fingerprint density at radius 1 is 1.33 bits per heavy atom. The van der Waals surface area contributed by atoms with Gasteiger partial charge in [-0.15, -0.1) is 0 Å². The topological polar surface area (TPSA) is 71.1 Å². The van der Waals surface area contributed by atoms with Crippen molar-refractivity contribution in [3.8, 4) is 0 Å². The molecule has 21 heavy (non-hydrogen) atoms. The van der Waals surface area contributed by atoms with Crippen LogP contribution in [0.25, 0.3) is 0 Å². The van der Waals surface area contributed by atoms with Crippen LogP contribution in [0, 0.1) is 5.82 Å². The quantitative estimate of drug-likeness (QED) is 0.884. The number of pyridine rings is 1. The lowest BCUT2D eigenvalue weighted by Crippen LogP contribution is -2.14. The van der Waals surface area contributed by atoms with E-state index in [1.54, 1.807) is 0 Å². The number of halogens is 2. The minimum Gasteiger partial charge on any atom is -0.369 e. The van der Waals surface area contributed by atoms with Crippen LogP contribution in [0.5, 0.6) is 0 Å². The van der Waals surface area contributed by atoms with E-state index in [0.29, 0.717) is 12.4 Å². The van der Waals surface area contributed by atoms with E-state index in [1.165, 1.54) is 30.5 Å². The van der Waals surface area contributed by atoms with Crippen molar-refractivity contribution in [1.82, 2.24) is 4.98 Å². The van der Waals surface area contributed by atoms with Crippen LogP contribution in [0.1, 0.15) is 6.92 Å². The van der Waals surface area contributed by atoms with Gasteiger partial charge in [-0.3, -0.25) is 4.72 Å². The number of sulfonamides is 1. The zero-order valence-corrected chi connectivity index (χ0v) is 12.7. The first kappa shape index (κ1) is 15.5. The number of nitrogens with one attached hydrogen (secondary N) is 2. The van der Waals surface area contributed by atoms with Crippen LogP contribution >= 0.6 is 11.6 Å². The lowest BCUT2D eigenvalue weighted by Gasteiger charge is -2.10. The van der Waals surface area contributed by atoms with Crippen LogP contribution in [0.4, 0.5) is 15.9 Å². The Morgan fingerprint density at radius 2 is 2.10 bits per heavy atom. The summed E-state index contributed by atoms with van der Waals surface area (Å²) in [6, 6.07) is 6.45. The van der Waals surface area contributed by atoms with Crippen LogP contribution in [-0.4, -0.2) is 19.9 Å². The average molecular weight is 330 g/mol. The molecule has 0 unspecified atom stereocenters. The largest absolute Gasteiger partial charge is 0.369 e. The van der Waals surface area contributed by atoms with Crippen molar-refractivity contribution in [1.29, 1.82) is 0 Å². The summed E-state index contributed by atoms with van der Waals surface area (Å²) in [7, 11) is -3.88. The van der Waals surface area contributed by atoms with Gasteiger partial charge in [0.1, 0.15) is 16.5 Å². The molecule has 5 nitrogen and oxygen atoms in total. The second-order valence-electron chi connectivity index (χ2n) is 4.15. The first-order chi connectivity index (χ1) is 9.92. The molecule has 2 aromatic rings. The molecule has 0 amide bonds. The van der Waals surface area contributed by atoms with Gasteiger partial charge >= 0.3 is 0 Å². The Bertz CT molecular complexity index is 753. The van der Waals surface area contributed by atoms with E-state index < -0.39 is 15.8 Å². The number of hydrogen-bond acceptors (Lipinski definition) is 4. The molecule has 112 valence electrons. The minimum absolute atomic E-state index is 0.0987. The Balaban J connectivity index is 2.29. The van der Waals surface area contributed by atoms with E-state index in [4.69, 9.17) is 11.6 Å². The van der Waals surface area contributed by atoms with Gasteiger partial charge in [0, 0.05) is 12.7 Å². The zero-order valence-electron chi connectivity index (χ0n) is 11.1. The maximum Gasteiger partial charge on any atom is 0.263 e. The summed E-state index contributed by atoms with van der Waals surface area (Å²) < 4.78 is 39.7. The molecule has 1 heterocycles. The molecule has 0 bridgehead atoms. The summed E-state index contributed by atoms with van der Waals surface area (Å²) in [5, 5.41) is 3.10. The highest BCUT2D eigenvalue weighted by Gasteiger charge is 2.17. The fraction of sp³-hybridized carbons (Fsp3) is 0.154. The standard InChI is InChI=1S/C13H13ClFN3O2S/c1-2-16-13-12(14)7-11(8-17-13)21(19,20)18-10-5-3-4-9(15)6-10/h3-8,18H,2H2,1H3,(H,16,17). The predicted octanol–water partition coefficient (Wildman–Crippen LogP) is 3.11. The smallest absolute Gasteiger partial charge is 0.263 e. The summed E-state index contributed by atoms with van der Waals surface area (Å²) in [5.41, 5.74) is 0.127. The molecule has 0 atom stereocenters. The van der Waals surface area contributed by atoms with Gasteiger partial charge in [-0.05, 0) is 31.2 Å². The Hall–Kier alpha value is -1.86. The maximum atomic E-state index is 13.1. The molecule has 0 saturated carbocycles. The molecule has 2 rings (SSSR count). The second kappa shape index (κ2) is 6.28. The van der Waals surface area contributed by atoms with E-state index in [-0.39, 0.29) is 15.6 Å². The molecule has 0 aliphatic rings. The second-order valence-corrected chi connectivity index (χ2v) is 6.24. The predicted molar refractivity (Wildman–Crippen MR) is 80.6 cm³/mol. The van der Waals surface area contributed by atoms with Crippen molar-refractivity contribution in [2.45, 2.75) is 11.8 Å². The van der Waals surface area contributed by atoms with Crippen LogP contribution in [0.15, 0.2) is 41.4 Å². The molecule has 0 saturated heterocycles. The molecule has 8 heteroatoms. The Morgan fingerprint density at radius 3 is 2.71 bits per heavy atom. The lowest BCUT2D eigenvalue weighted by atomic mass is 10.3. The molecule has 0 aliphatic carbocycles. The van der Waals surface area contributed by atoms with Crippen LogP contribution in [-0.2, 0) is 10.0 Å². The Kier molecular flexibility index (Phi) is 4.64. The molecule has 0 spiro atoms. The van der Waals surface area contributed by atoms with E-state index in [2.05, 4.69) is 15.0 Å². The lowest BCUT2D eigenvalue weighted by molar-refractivity contribution is 0.600. The third-order valence-electron chi connectivity index (χ3n) is 2.55. The highest BCUT2D eigenvalue weighted by atomic mass is 35.5. The number of aromatic nitrogens is 1. The number of nitrogens with zero attached hydrogens (tertiary/aromatic N) is 1. The van der Waals surface area contributed by atoms with Gasteiger partial charge in [0.2, 0.25) is 0 Å². The van der Waals surface area contributed by atoms with Gasteiger partial charge in [-0.25, -0.2) is 17.8 Å². The molecule has 0 radical (unpaired) electrons. The van der Waals surface area contributed by atoms with Gasteiger partial charge in [-0.2, -0.15) is 0 Å². The first-order valence-electron chi connectivity index (χ1n) is 6.10. The zero-order chi connectivity index (χ0) is 15.5. The van der Waals surface area contributed by atoms with E-state index in [0.717, 1.165) is 6.07 Å². The SMILES string of the molecule is CCNc1ncc(S(=O)(=O)Nc2cccc(F)c2)cc1Cl. The van der Waals surface area contributed by atoms with Gasteiger partial charge in [0.25, 0.3) is 10.0 Å². The third-order valence-corrected chi connectivity index (χ3v) is 4.18. The van der Waals surface area contributed by atoms with Crippen LogP contribution < -0.4 is 10.0 Å². The molecular formula is C13H13ClFN3O2S. The summed E-state index contributed by atoms with van der Waals surface area (Å²) in [4.78, 5) is 3.86. The molecule has 0 aliphatic heterocycles. The minimum atomic E-state index is -3.88. The van der Waals surface area contributed by atoms with E-state index in [9.17, 15) is 12.8 Å². The van der Waals surface area contributed by atoms with E-state index in [1.807, 2.05) is 6.92 Å². The van der Waals surface area contributed by atoms with Crippen molar-refractivity contribution in [2.75, 3.05) is 16.6 Å². The summed E-state index contributed by atoms with van der Waals surface area (Å²) >= 11 is 5.97.